The van der Waals surface area contributed by atoms with Crippen molar-refractivity contribution in [1.29, 1.82) is 0 Å². The van der Waals surface area contributed by atoms with Crippen molar-refractivity contribution >= 4 is 5.95 Å². The molecule has 18 heavy (non-hydrogen) atoms. The summed E-state index contributed by atoms with van der Waals surface area (Å²) in [6, 6.07) is 0. The van der Waals surface area contributed by atoms with Gasteiger partial charge in [0.05, 0.1) is 5.69 Å². The number of nitrogens with zero attached hydrogens (tertiary/aromatic N) is 3. The van der Waals surface area contributed by atoms with Crippen molar-refractivity contribution in [1.82, 2.24) is 15.3 Å². The predicted octanol–water partition coefficient (Wildman–Crippen LogP) is 0.297. The summed E-state index contributed by atoms with van der Waals surface area (Å²) in [5, 5.41) is 3.35. The number of rotatable bonds is 2. The van der Waals surface area contributed by atoms with Gasteiger partial charge in [-0.05, 0) is 25.3 Å². The lowest BCUT2D eigenvalue weighted by Gasteiger charge is -2.32. The van der Waals surface area contributed by atoms with E-state index in [-0.39, 0.29) is 0 Å². The molecule has 1 aromatic rings. The number of aromatic nitrogens is 2. The second-order valence-corrected chi connectivity index (χ2v) is 5.23. The monoisotopic (exact) mass is 247 g/mol. The van der Waals surface area contributed by atoms with Gasteiger partial charge in [-0.3, -0.25) is 0 Å². The number of fused-ring (bicyclic) bond motifs is 1. The number of nitrogens with two attached hydrogens (primary N) is 1. The van der Waals surface area contributed by atoms with Gasteiger partial charge in [-0.15, -0.1) is 0 Å². The van der Waals surface area contributed by atoms with Crippen LogP contribution in [0.15, 0.2) is 6.20 Å². The first-order chi connectivity index (χ1) is 8.86. The molecular formula is C13H21N5. The van der Waals surface area contributed by atoms with Crippen LogP contribution in [0.1, 0.15) is 24.1 Å². The minimum Gasteiger partial charge on any atom is -0.341 e. The SMILES string of the molecule is NCC1CCN(c2ncc3c(n2)CCNC3)CC1. The van der Waals surface area contributed by atoms with Crippen molar-refractivity contribution in [3.05, 3.63) is 17.5 Å². The van der Waals surface area contributed by atoms with Crippen LogP contribution >= 0.6 is 0 Å². The van der Waals surface area contributed by atoms with Crippen LogP contribution in [0, 0.1) is 5.92 Å². The fourth-order valence-corrected chi connectivity index (χ4v) is 2.75. The highest BCUT2D eigenvalue weighted by atomic mass is 15.3. The van der Waals surface area contributed by atoms with E-state index in [0.717, 1.165) is 45.1 Å². The van der Waals surface area contributed by atoms with Gasteiger partial charge in [0.25, 0.3) is 0 Å². The molecule has 1 aromatic heterocycles. The molecule has 3 rings (SSSR count). The number of hydrogen-bond donors (Lipinski definition) is 2. The summed E-state index contributed by atoms with van der Waals surface area (Å²) >= 11 is 0. The van der Waals surface area contributed by atoms with E-state index in [0.29, 0.717) is 5.92 Å². The summed E-state index contributed by atoms with van der Waals surface area (Å²) < 4.78 is 0. The summed E-state index contributed by atoms with van der Waals surface area (Å²) in [5.41, 5.74) is 8.20. The van der Waals surface area contributed by atoms with Crippen LogP contribution in [0.5, 0.6) is 0 Å². The molecule has 2 aliphatic heterocycles. The zero-order valence-electron chi connectivity index (χ0n) is 10.7. The van der Waals surface area contributed by atoms with Crippen molar-refractivity contribution in [3.63, 3.8) is 0 Å². The Labute approximate surface area is 108 Å². The molecule has 5 nitrogen and oxygen atoms in total. The maximum absolute atomic E-state index is 5.72. The minimum atomic E-state index is 0.683. The Balaban J connectivity index is 1.73. The molecule has 2 aliphatic rings. The standard InChI is InChI=1S/C13H21N5/c14-7-10-2-5-18(6-3-10)13-16-9-11-8-15-4-1-12(11)17-13/h9-10,15H,1-8,14H2. The van der Waals surface area contributed by atoms with Crippen molar-refractivity contribution in [2.45, 2.75) is 25.8 Å². The molecule has 0 unspecified atom stereocenters. The average Bonchev–Trinajstić information content (AvgIpc) is 2.47. The van der Waals surface area contributed by atoms with E-state index >= 15 is 0 Å². The molecule has 0 spiro atoms. The normalized spacial score (nSPS) is 20.8. The molecule has 3 N–H and O–H groups in total. The maximum atomic E-state index is 5.72. The Morgan fingerprint density at radius 2 is 2.22 bits per heavy atom. The highest BCUT2D eigenvalue weighted by Crippen LogP contribution is 2.21. The van der Waals surface area contributed by atoms with Crippen LogP contribution in [0.2, 0.25) is 0 Å². The number of piperidine rings is 1. The Morgan fingerprint density at radius 1 is 1.39 bits per heavy atom. The van der Waals surface area contributed by atoms with Crippen LogP contribution in [0.3, 0.4) is 0 Å². The van der Waals surface area contributed by atoms with Gasteiger partial charge in [-0.25, -0.2) is 9.97 Å². The number of anilines is 1. The summed E-state index contributed by atoms with van der Waals surface area (Å²) in [6.07, 6.45) is 5.33. The third-order valence-electron chi connectivity index (χ3n) is 4.03. The average molecular weight is 247 g/mol. The van der Waals surface area contributed by atoms with Gasteiger partial charge in [0, 0.05) is 44.4 Å². The van der Waals surface area contributed by atoms with Crippen molar-refractivity contribution in [2.75, 3.05) is 31.1 Å². The molecule has 0 amide bonds. The Kier molecular flexibility index (Phi) is 3.43. The molecule has 5 heteroatoms. The molecule has 0 bridgehead atoms. The quantitative estimate of drug-likeness (QED) is 0.786. The highest BCUT2D eigenvalue weighted by molar-refractivity contribution is 5.34. The lowest BCUT2D eigenvalue weighted by Crippen LogP contribution is -2.37. The molecule has 98 valence electrons. The van der Waals surface area contributed by atoms with Crippen LogP contribution < -0.4 is 16.0 Å². The summed E-state index contributed by atoms with van der Waals surface area (Å²) in [4.78, 5) is 11.5. The Bertz CT molecular complexity index is 412. The molecule has 0 saturated carbocycles. The lowest BCUT2D eigenvalue weighted by molar-refractivity contribution is 0.411. The summed E-state index contributed by atoms with van der Waals surface area (Å²) in [6.45, 7) is 4.83. The van der Waals surface area contributed by atoms with E-state index in [1.54, 1.807) is 0 Å². The van der Waals surface area contributed by atoms with Crippen LogP contribution in [0.4, 0.5) is 5.95 Å². The topological polar surface area (TPSA) is 67.1 Å². The fourth-order valence-electron chi connectivity index (χ4n) is 2.75. The third kappa shape index (κ3) is 2.33. The molecule has 0 radical (unpaired) electrons. The van der Waals surface area contributed by atoms with Gasteiger partial charge in [0.2, 0.25) is 5.95 Å². The summed E-state index contributed by atoms with van der Waals surface area (Å²) in [7, 11) is 0. The van der Waals surface area contributed by atoms with Gasteiger partial charge in [-0.2, -0.15) is 0 Å². The van der Waals surface area contributed by atoms with Crippen molar-refractivity contribution in [3.8, 4) is 0 Å². The predicted molar refractivity (Wildman–Crippen MR) is 71.4 cm³/mol. The van der Waals surface area contributed by atoms with E-state index < -0.39 is 0 Å². The van der Waals surface area contributed by atoms with Crippen molar-refractivity contribution < 1.29 is 0 Å². The summed E-state index contributed by atoms with van der Waals surface area (Å²) in [5.74, 6) is 1.59. The second kappa shape index (κ2) is 5.20. The number of hydrogen-bond acceptors (Lipinski definition) is 5. The zero-order chi connectivity index (χ0) is 12.4. The van der Waals surface area contributed by atoms with E-state index in [2.05, 4.69) is 15.2 Å². The van der Waals surface area contributed by atoms with E-state index in [4.69, 9.17) is 10.7 Å². The Morgan fingerprint density at radius 3 is 3.00 bits per heavy atom. The Hall–Kier alpha value is -1.20. The molecule has 3 heterocycles. The molecular weight excluding hydrogens is 226 g/mol. The second-order valence-electron chi connectivity index (χ2n) is 5.23. The minimum absolute atomic E-state index is 0.683. The highest BCUT2D eigenvalue weighted by Gasteiger charge is 2.21. The first kappa shape index (κ1) is 11.9. The van der Waals surface area contributed by atoms with Gasteiger partial charge >= 0.3 is 0 Å². The van der Waals surface area contributed by atoms with Gasteiger partial charge in [0.15, 0.2) is 0 Å². The molecule has 1 fully saturated rings. The third-order valence-corrected chi connectivity index (χ3v) is 4.03. The molecule has 0 aromatic carbocycles. The van der Waals surface area contributed by atoms with Crippen LogP contribution in [-0.2, 0) is 13.0 Å². The first-order valence-corrected chi connectivity index (χ1v) is 6.87. The fraction of sp³-hybridized carbons (Fsp3) is 0.692. The maximum Gasteiger partial charge on any atom is 0.225 e. The van der Waals surface area contributed by atoms with Gasteiger partial charge in [-0.1, -0.05) is 0 Å². The van der Waals surface area contributed by atoms with E-state index in [1.807, 2.05) is 6.20 Å². The van der Waals surface area contributed by atoms with E-state index in [9.17, 15) is 0 Å². The van der Waals surface area contributed by atoms with Crippen LogP contribution in [0.25, 0.3) is 0 Å². The largest absolute Gasteiger partial charge is 0.341 e. The molecule has 0 aliphatic carbocycles. The smallest absolute Gasteiger partial charge is 0.225 e. The zero-order valence-corrected chi connectivity index (χ0v) is 10.7. The van der Waals surface area contributed by atoms with Crippen LogP contribution in [-0.4, -0.2) is 36.1 Å². The van der Waals surface area contributed by atoms with Gasteiger partial charge in [0.1, 0.15) is 0 Å². The van der Waals surface area contributed by atoms with Crippen molar-refractivity contribution in [2.24, 2.45) is 11.7 Å². The van der Waals surface area contributed by atoms with E-state index in [1.165, 1.54) is 24.1 Å². The molecule has 1 saturated heterocycles. The number of nitrogens with one attached hydrogen (secondary N) is 1. The van der Waals surface area contributed by atoms with Gasteiger partial charge < -0.3 is 16.0 Å². The first-order valence-electron chi connectivity index (χ1n) is 6.87. The lowest BCUT2D eigenvalue weighted by atomic mass is 9.97. The molecule has 0 atom stereocenters.